The lowest BCUT2D eigenvalue weighted by Crippen LogP contribution is -2.41. The molecular weight excluding hydrogens is 291 g/mol. The molecule has 0 amide bonds. The molecule has 0 unspecified atom stereocenters. The second-order valence-electron chi connectivity index (χ2n) is 5.62. The second kappa shape index (κ2) is 6.32. The summed E-state index contributed by atoms with van der Waals surface area (Å²) >= 11 is 0. The number of hydrogen-bond acceptors (Lipinski definition) is 3. The Morgan fingerprint density at radius 3 is 2.43 bits per heavy atom. The second-order valence-corrected chi connectivity index (χ2v) is 7.51. The van der Waals surface area contributed by atoms with Crippen LogP contribution in [0.15, 0.2) is 17.0 Å². The quantitative estimate of drug-likeness (QED) is 0.869. The van der Waals surface area contributed by atoms with Gasteiger partial charge in [-0.05, 0) is 31.9 Å². The fourth-order valence-corrected chi connectivity index (χ4v) is 4.69. The van der Waals surface area contributed by atoms with Crippen LogP contribution < -0.4 is 5.73 Å². The van der Waals surface area contributed by atoms with E-state index in [1.807, 2.05) is 6.92 Å². The van der Waals surface area contributed by atoms with E-state index in [4.69, 9.17) is 5.73 Å². The van der Waals surface area contributed by atoms with Crippen molar-refractivity contribution in [3.05, 3.63) is 23.5 Å². The lowest BCUT2D eigenvalue weighted by Gasteiger charge is -2.32. The van der Waals surface area contributed by atoms with Gasteiger partial charge in [0.25, 0.3) is 0 Å². The van der Waals surface area contributed by atoms with Crippen LogP contribution in [0.25, 0.3) is 0 Å². The van der Waals surface area contributed by atoms with E-state index in [-0.39, 0.29) is 22.2 Å². The standard InChI is InChI=1S/C15H23FN2O2S/c1-3-18(12-7-5-4-6-8-12)21(19,20)13-9-14(16)11(2)15(17)10-13/h9-10,12H,3-8,17H2,1-2H3. The largest absolute Gasteiger partial charge is 0.398 e. The summed E-state index contributed by atoms with van der Waals surface area (Å²) in [6.45, 7) is 3.75. The van der Waals surface area contributed by atoms with Crippen molar-refractivity contribution in [2.75, 3.05) is 12.3 Å². The molecule has 0 aromatic heterocycles. The fourth-order valence-electron chi connectivity index (χ4n) is 2.95. The molecule has 1 saturated carbocycles. The van der Waals surface area contributed by atoms with E-state index in [0.717, 1.165) is 38.2 Å². The van der Waals surface area contributed by atoms with E-state index in [0.29, 0.717) is 6.54 Å². The van der Waals surface area contributed by atoms with Gasteiger partial charge in [-0.3, -0.25) is 0 Å². The van der Waals surface area contributed by atoms with Gasteiger partial charge in [-0.15, -0.1) is 0 Å². The molecule has 2 rings (SSSR count). The van der Waals surface area contributed by atoms with Gasteiger partial charge in [0.2, 0.25) is 10.0 Å². The minimum Gasteiger partial charge on any atom is -0.398 e. The fraction of sp³-hybridized carbons (Fsp3) is 0.600. The predicted molar refractivity (Wildman–Crippen MR) is 82.0 cm³/mol. The van der Waals surface area contributed by atoms with Gasteiger partial charge >= 0.3 is 0 Å². The minimum atomic E-state index is -3.70. The zero-order valence-corrected chi connectivity index (χ0v) is 13.4. The Labute approximate surface area is 126 Å². The van der Waals surface area contributed by atoms with Crippen LogP contribution in [0.5, 0.6) is 0 Å². The number of anilines is 1. The Morgan fingerprint density at radius 2 is 1.90 bits per heavy atom. The van der Waals surface area contributed by atoms with E-state index in [9.17, 15) is 12.8 Å². The predicted octanol–water partition coefficient (Wildman–Crippen LogP) is 3.06. The molecule has 6 heteroatoms. The molecule has 0 radical (unpaired) electrons. The molecule has 0 spiro atoms. The SMILES string of the molecule is CCN(C1CCCCC1)S(=O)(=O)c1cc(N)c(C)c(F)c1. The lowest BCUT2D eigenvalue weighted by molar-refractivity contribution is 0.261. The van der Waals surface area contributed by atoms with E-state index in [1.54, 1.807) is 6.92 Å². The summed E-state index contributed by atoms with van der Waals surface area (Å²) in [6, 6.07) is 2.45. The molecule has 1 fully saturated rings. The number of nitrogens with two attached hydrogens (primary N) is 1. The summed E-state index contributed by atoms with van der Waals surface area (Å²) in [4.78, 5) is -0.0458. The van der Waals surface area contributed by atoms with Crippen molar-refractivity contribution in [1.29, 1.82) is 0 Å². The number of nitrogens with zero attached hydrogens (tertiary/aromatic N) is 1. The molecule has 1 aromatic rings. The number of rotatable bonds is 4. The molecule has 0 heterocycles. The molecule has 4 nitrogen and oxygen atoms in total. The Kier molecular flexibility index (Phi) is 4.88. The molecular formula is C15H23FN2O2S. The van der Waals surface area contributed by atoms with Crippen LogP contribution in [0.3, 0.4) is 0 Å². The zero-order chi connectivity index (χ0) is 15.6. The van der Waals surface area contributed by atoms with Crippen molar-refractivity contribution in [3.8, 4) is 0 Å². The maximum atomic E-state index is 13.8. The van der Waals surface area contributed by atoms with E-state index < -0.39 is 15.8 Å². The summed E-state index contributed by atoms with van der Waals surface area (Å²) < 4.78 is 40.9. The number of sulfonamides is 1. The van der Waals surface area contributed by atoms with Crippen LogP contribution in [0.1, 0.15) is 44.6 Å². The highest BCUT2D eigenvalue weighted by molar-refractivity contribution is 7.89. The average Bonchev–Trinajstić information content (AvgIpc) is 2.45. The van der Waals surface area contributed by atoms with Crippen molar-refractivity contribution in [3.63, 3.8) is 0 Å². The van der Waals surface area contributed by atoms with Gasteiger partial charge in [-0.2, -0.15) is 4.31 Å². The summed E-state index contributed by atoms with van der Waals surface area (Å²) in [5.74, 6) is -0.576. The van der Waals surface area contributed by atoms with Gasteiger partial charge in [0.15, 0.2) is 0 Å². The van der Waals surface area contributed by atoms with Gasteiger partial charge in [0.05, 0.1) is 4.90 Å². The summed E-state index contributed by atoms with van der Waals surface area (Å²) in [7, 11) is -3.70. The van der Waals surface area contributed by atoms with Crippen LogP contribution in [0.2, 0.25) is 0 Å². The first-order chi connectivity index (χ1) is 9.87. The summed E-state index contributed by atoms with van der Waals surface area (Å²) in [5, 5.41) is 0. The molecule has 0 bridgehead atoms. The highest BCUT2D eigenvalue weighted by Crippen LogP contribution is 2.29. The molecule has 1 aliphatic carbocycles. The van der Waals surface area contributed by atoms with Crippen molar-refractivity contribution < 1.29 is 12.8 Å². The molecule has 0 aliphatic heterocycles. The molecule has 118 valence electrons. The minimum absolute atomic E-state index is 0.0133. The number of hydrogen-bond donors (Lipinski definition) is 1. The van der Waals surface area contributed by atoms with Gasteiger partial charge in [-0.1, -0.05) is 26.2 Å². The maximum Gasteiger partial charge on any atom is 0.243 e. The van der Waals surface area contributed by atoms with Crippen LogP contribution in [-0.2, 0) is 10.0 Å². The molecule has 1 aromatic carbocycles. The maximum absolute atomic E-state index is 13.8. The van der Waals surface area contributed by atoms with Gasteiger partial charge in [0.1, 0.15) is 5.82 Å². The summed E-state index contributed by atoms with van der Waals surface area (Å²) in [6.07, 6.45) is 4.98. The van der Waals surface area contributed by atoms with Crippen molar-refractivity contribution in [1.82, 2.24) is 4.31 Å². The van der Waals surface area contributed by atoms with Gasteiger partial charge < -0.3 is 5.73 Å². The van der Waals surface area contributed by atoms with E-state index in [2.05, 4.69) is 0 Å². The molecule has 2 N–H and O–H groups in total. The van der Waals surface area contributed by atoms with E-state index >= 15 is 0 Å². The molecule has 1 aliphatic rings. The average molecular weight is 314 g/mol. The molecule has 21 heavy (non-hydrogen) atoms. The van der Waals surface area contributed by atoms with Crippen LogP contribution in [0, 0.1) is 12.7 Å². The third kappa shape index (κ3) is 3.21. The van der Waals surface area contributed by atoms with Crippen molar-refractivity contribution in [2.45, 2.75) is 56.9 Å². The van der Waals surface area contributed by atoms with Crippen LogP contribution in [-0.4, -0.2) is 25.3 Å². The Bertz CT molecular complexity index is 587. The Hall–Kier alpha value is -1.14. The van der Waals surface area contributed by atoms with Crippen molar-refractivity contribution >= 4 is 15.7 Å². The smallest absolute Gasteiger partial charge is 0.243 e. The Balaban J connectivity index is 2.39. The lowest BCUT2D eigenvalue weighted by atomic mass is 9.95. The number of benzene rings is 1. The van der Waals surface area contributed by atoms with Crippen LogP contribution >= 0.6 is 0 Å². The first-order valence-corrected chi connectivity index (χ1v) is 8.89. The topological polar surface area (TPSA) is 63.4 Å². The molecule has 0 saturated heterocycles. The first kappa shape index (κ1) is 16.2. The van der Waals surface area contributed by atoms with Gasteiger partial charge in [-0.25, -0.2) is 12.8 Å². The number of nitrogen functional groups attached to an aromatic ring is 1. The van der Waals surface area contributed by atoms with Crippen molar-refractivity contribution in [2.24, 2.45) is 0 Å². The normalized spacial score (nSPS) is 17.3. The summed E-state index contributed by atoms with van der Waals surface area (Å²) in [5.41, 5.74) is 6.18. The Morgan fingerprint density at radius 1 is 1.29 bits per heavy atom. The highest BCUT2D eigenvalue weighted by Gasteiger charge is 2.31. The van der Waals surface area contributed by atoms with Crippen LogP contribution in [0.4, 0.5) is 10.1 Å². The molecule has 0 atom stereocenters. The highest BCUT2D eigenvalue weighted by atomic mass is 32.2. The monoisotopic (exact) mass is 314 g/mol. The zero-order valence-electron chi connectivity index (χ0n) is 12.6. The van der Waals surface area contributed by atoms with E-state index in [1.165, 1.54) is 10.4 Å². The third-order valence-corrected chi connectivity index (χ3v) is 6.26. The number of halogens is 1. The van der Waals surface area contributed by atoms with Gasteiger partial charge in [0, 0.05) is 23.8 Å². The third-order valence-electron chi connectivity index (χ3n) is 4.26. The first-order valence-electron chi connectivity index (χ1n) is 7.45.